The first kappa shape index (κ1) is 68.7. The summed E-state index contributed by atoms with van der Waals surface area (Å²) in [5.41, 5.74) is 0. The number of rotatable bonds is 45. The minimum Gasteiger partial charge on any atom is -0.550 e. The van der Waals surface area contributed by atoms with Crippen LogP contribution < -0.4 is 10.2 Å². The number of aliphatic carboxylic acids is 3. The topological polar surface area (TPSA) is 178 Å². The molecule has 0 heterocycles. The summed E-state index contributed by atoms with van der Waals surface area (Å²) in [6, 6.07) is 0. The van der Waals surface area contributed by atoms with Crippen LogP contribution in [0.1, 0.15) is 271 Å². The van der Waals surface area contributed by atoms with E-state index in [-0.39, 0.29) is 50.6 Å². The number of aliphatic hydroxyl groups excluding tert-OH is 3. The maximum atomic E-state index is 10.3. The quantitative estimate of drug-likeness (QED) is 0.0263. The van der Waals surface area contributed by atoms with Crippen molar-refractivity contribution < 1.29 is 64.5 Å². The normalized spacial score (nSPS) is 12.7. The van der Waals surface area contributed by atoms with Gasteiger partial charge < -0.3 is 40.2 Å². The molecule has 0 aromatic carbocycles. The molecule has 0 amide bonds. The van der Waals surface area contributed by atoms with E-state index in [2.05, 4.69) is 57.2 Å². The smallest absolute Gasteiger partial charge is 0.550 e. The Bertz CT molecular complexity index is 919. The number of carboxylic acid groups (broad SMARTS) is 3. The zero-order valence-corrected chi connectivity index (χ0v) is 44.8. The summed E-state index contributed by atoms with van der Waals surface area (Å²) in [6.45, 7) is 6.59. The minimum absolute atomic E-state index is 0. The van der Waals surface area contributed by atoms with Gasteiger partial charge in [0.1, 0.15) is 0 Å². The maximum absolute atomic E-state index is 10.3. The van der Waals surface area contributed by atoms with Crippen molar-refractivity contribution in [2.75, 3.05) is 0 Å². The van der Waals surface area contributed by atoms with Gasteiger partial charge in [0, 0.05) is 18.4 Å². The van der Waals surface area contributed by atoms with Gasteiger partial charge in [-0.1, -0.05) is 192 Å². The van der Waals surface area contributed by atoms with Gasteiger partial charge in [-0.3, -0.25) is 4.79 Å². The molecule has 0 aromatic rings. The minimum atomic E-state index is -0.939. The van der Waals surface area contributed by atoms with Crippen LogP contribution in [0.5, 0.6) is 0 Å². The van der Waals surface area contributed by atoms with Crippen LogP contribution in [0.4, 0.5) is 0 Å². The van der Waals surface area contributed by atoms with E-state index in [1.54, 1.807) is 0 Å². The fraction of sp³-hybridized carbons (Fsp3) is 0.833. The second kappa shape index (κ2) is 59.1. The Morgan fingerprint density at radius 1 is 0.375 bits per heavy atom. The summed E-state index contributed by atoms with van der Waals surface area (Å²) in [7, 11) is 0. The van der Waals surface area contributed by atoms with Gasteiger partial charge in [-0.25, -0.2) is 0 Å². The van der Waals surface area contributed by atoms with Crippen molar-refractivity contribution in [1.82, 2.24) is 0 Å². The Morgan fingerprint density at radius 3 is 0.891 bits per heavy atom. The van der Waals surface area contributed by atoms with Crippen molar-refractivity contribution in [2.24, 2.45) is 0 Å². The molecule has 0 aromatic heterocycles. The maximum Gasteiger partial charge on any atom is 2.00 e. The number of carbonyl (C=O) groups is 3. The van der Waals surface area contributed by atoms with Crippen LogP contribution in [0.2, 0.25) is 0 Å². The molecule has 0 fully saturated rings. The largest absolute Gasteiger partial charge is 2.00 e. The van der Waals surface area contributed by atoms with Crippen molar-refractivity contribution in [1.29, 1.82) is 0 Å². The molecule has 0 aliphatic heterocycles. The SMILES string of the molecule is CCCCCC[C@@H](O)C/C=C\CCCCCCCC(=O)O.CCCCCC[C@@H](O)C/C=C\CCCCCCCC(=O)[O-].CCCCCC[C@@H](O)C/C=C\CCCCCCCC(=O)[O-].[Zn+2]. The average molecular weight is 959 g/mol. The first-order valence-corrected chi connectivity index (χ1v) is 26.1. The van der Waals surface area contributed by atoms with E-state index in [0.29, 0.717) is 6.42 Å². The molecule has 0 radical (unpaired) electrons. The van der Waals surface area contributed by atoms with Crippen LogP contribution in [0.3, 0.4) is 0 Å². The summed E-state index contributed by atoms with van der Waals surface area (Å²) in [4.78, 5) is 30.8. The summed E-state index contributed by atoms with van der Waals surface area (Å²) in [5.74, 6) is -2.57. The molecule has 0 spiro atoms. The van der Waals surface area contributed by atoms with Crippen LogP contribution in [0, 0.1) is 0 Å². The number of unbranched alkanes of at least 4 members (excludes halogenated alkanes) is 24. The molecule has 0 saturated carbocycles. The van der Waals surface area contributed by atoms with Gasteiger partial charge in [0.25, 0.3) is 0 Å². The first-order valence-electron chi connectivity index (χ1n) is 26.1. The van der Waals surface area contributed by atoms with Crippen molar-refractivity contribution in [2.45, 2.75) is 289 Å². The van der Waals surface area contributed by atoms with Crippen LogP contribution in [-0.2, 0) is 33.9 Å². The Balaban J connectivity index is -0.000000419. The van der Waals surface area contributed by atoms with Crippen molar-refractivity contribution >= 4 is 17.9 Å². The van der Waals surface area contributed by atoms with Crippen molar-refractivity contribution in [3.05, 3.63) is 36.5 Å². The number of carboxylic acids is 3. The van der Waals surface area contributed by atoms with Gasteiger partial charge in [-0.15, -0.1) is 0 Å². The third-order valence-electron chi connectivity index (χ3n) is 11.2. The number of aliphatic hydroxyl groups is 3. The molecule has 9 nitrogen and oxygen atoms in total. The Hall–Kier alpha value is -1.87. The van der Waals surface area contributed by atoms with Crippen molar-refractivity contribution in [3.63, 3.8) is 0 Å². The van der Waals surface area contributed by atoms with Crippen LogP contribution in [-0.4, -0.2) is 56.6 Å². The number of hydrogen-bond donors (Lipinski definition) is 4. The Labute approximate surface area is 406 Å². The van der Waals surface area contributed by atoms with Gasteiger partial charge in [-0.2, -0.15) is 0 Å². The first-order chi connectivity index (χ1) is 30.5. The molecule has 0 bridgehead atoms. The average Bonchev–Trinajstić information content (AvgIpc) is 3.24. The van der Waals surface area contributed by atoms with Gasteiger partial charge >= 0.3 is 25.4 Å². The molecule has 0 unspecified atom stereocenters. The number of hydrogen-bond acceptors (Lipinski definition) is 8. The molecule has 0 saturated heterocycles. The molecule has 0 aliphatic carbocycles. The summed E-state index contributed by atoms with van der Waals surface area (Å²) < 4.78 is 0. The van der Waals surface area contributed by atoms with Crippen LogP contribution >= 0.6 is 0 Å². The second-order valence-electron chi connectivity index (χ2n) is 17.7. The monoisotopic (exact) mass is 957 g/mol. The molecule has 10 heteroatoms. The molecule has 4 N–H and O–H groups in total. The van der Waals surface area contributed by atoms with E-state index in [4.69, 9.17) is 5.11 Å². The van der Waals surface area contributed by atoms with E-state index in [1.807, 2.05) is 0 Å². The standard InChI is InChI=1S/3C18H34O3.Zn/c3*1-2-3-4-11-14-17(19)15-12-9-7-5-6-8-10-13-16-18(20)21;/h3*9,12,17,19H,2-8,10-11,13-16H2,1H3,(H,20,21);/q;;;+2/p-2/b3*12-9-;/t3*17-;/m111./s1. The molecule has 3 atom stereocenters. The Morgan fingerprint density at radius 2 is 0.625 bits per heavy atom. The summed E-state index contributed by atoms with van der Waals surface area (Å²) in [5, 5.41) is 58.3. The van der Waals surface area contributed by atoms with E-state index in [1.165, 1.54) is 64.2 Å². The van der Waals surface area contributed by atoms with E-state index < -0.39 is 17.9 Å². The predicted octanol–water partition coefficient (Wildman–Crippen LogP) is 12.6. The molecular weight excluding hydrogens is 858 g/mol. The molecular formula is C54H100O9Zn. The van der Waals surface area contributed by atoms with E-state index in [0.717, 1.165) is 167 Å². The van der Waals surface area contributed by atoms with E-state index in [9.17, 15) is 39.9 Å². The van der Waals surface area contributed by atoms with Gasteiger partial charge in [-0.05, 0) is 109 Å². The zero-order valence-electron chi connectivity index (χ0n) is 41.8. The molecule has 64 heavy (non-hydrogen) atoms. The second-order valence-corrected chi connectivity index (χ2v) is 17.7. The van der Waals surface area contributed by atoms with Crippen LogP contribution in [0.25, 0.3) is 0 Å². The zero-order chi connectivity index (χ0) is 47.3. The Kier molecular flexibility index (Phi) is 63.5. The van der Waals surface area contributed by atoms with Gasteiger partial charge in [0.15, 0.2) is 0 Å². The molecule has 0 rings (SSSR count). The fourth-order valence-corrected chi connectivity index (χ4v) is 7.08. The molecule has 0 aliphatic rings. The van der Waals surface area contributed by atoms with Gasteiger partial charge in [0.05, 0.1) is 18.3 Å². The van der Waals surface area contributed by atoms with E-state index >= 15 is 0 Å². The van der Waals surface area contributed by atoms with Gasteiger partial charge in [0.2, 0.25) is 0 Å². The summed E-state index contributed by atoms with van der Waals surface area (Å²) in [6.07, 6.45) is 51.4. The fourth-order valence-electron chi connectivity index (χ4n) is 7.08. The number of carbonyl (C=O) groups excluding carboxylic acids is 2. The third kappa shape index (κ3) is 69.2. The molecule has 372 valence electrons. The predicted molar refractivity (Wildman–Crippen MR) is 260 cm³/mol. The number of allylic oxidation sites excluding steroid dienone is 3. The van der Waals surface area contributed by atoms with Crippen molar-refractivity contribution in [3.8, 4) is 0 Å². The third-order valence-corrected chi connectivity index (χ3v) is 11.2. The summed E-state index contributed by atoms with van der Waals surface area (Å²) >= 11 is 0. The van der Waals surface area contributed by atoms with Crippen LogP contribution in [0.15, 0.2) is 36.5 Å².